The van der Waals surface area contributed by atoms with Crippen LogP contribution >= 0.6 is 0 Å². The van der Waals surface area contributed by atoms with Gasteiger partial charge < -0.3 is 14.4 Å². The summed E-state index contributed by atoms with van der Waals surface area (Å²) in [5, 5.41) is 10.2. The number of aliphatic hydroxyl groups excluding tert-OH is 1. The molecule has 0 aliphatic carbocycles. The van der Waals surface area contributed by atoms with E-state index in [0.29, 0.717) is 13.2 Å². The Kier molecular flexibility index (Phi) is 2.65. The number of fused-ring (bicyclic) bond motifs is 3. The number of imidazole rings is 1. The maximum Gasteiger partial charge on any atom is 0.123 e. The number of aromatic nitrogens is 2. The number of hydrogen-bond donors (Lipinski definition) is 1. The van der Waals surface area contributed by atoms with Gasteiger partial charge in [-0.15, -0.1) is 0 Å². The highest BCUT2D eigenvalue weighted by Crippen LogP contribution is 2.45. The average molecular weight is 274 g/mol. The van der Waals surface area contributed by atoms with Crippen molar-refractivity contribution < 1.29 is 14.2 Å². The molecule has 20 heavy (non-hydrogen) atoms. The summed E-state index contributed by atoms with van der Waals surface area (Å²) in [4.78, 5) is 4.17. The lowest BCUT2D eigenvalue weighted by Crippen LogP contribution is -2.37. The number of benzene rings is 1. The molecule has 104 valence electrons. The van der Waals surface area contributed by atoms with E-state index in [4.69, 9.17) is 4.74 Å². The SMILES string of the molecule is O[C@@H]1COCC[C@H]1[C@H]1c2ccc(F)cc2-c2cncn21. The number of aliphatic hydroxyl groups is 1. The molecule has 0 radical (unpaired) electrons. The molecule has 1 aromatic heterocycles. The first-order valence-corrected chi connectivity index (χ1v) is 6.83. The second kappa shape index (κ2) is 4.40. The third-order valence-corrected chi connectivity index (χ3v) is 4.36. The monoisotopic (exact) mass is 274 g/mol. The molecule has 4 rings (SSSR count). The first-order chi connectivity index (χ1) is 9.75. The quantitative estimate of drug-likeness (QED) is 0.865. The summed E-state index contributed by atoms with van der Waals surface area (Å²) < 4.78 is 20.9. The van der Waals surface area contributed by atoms with Crippen LogP contribution in [0.1, 0.15) is 18.0 Å². The Balaban J connectivity index is 1.85. The fourth-order valence-electron chi connectivity index (χ4n) is 3.44. The second-order valence-corrected chi connectivity index (χ2v) is 5.46. The van der Waals surface area contributed by atoms with Gasteiger partial charge in [0, 0.05) is 18.1 Å². The van der Waals surface area contributed by atoms with Gasteiger partial charge in [-0.2, -0.15) is 0 Å². The molecule has 4 nitrogen and oxygen atoms in total. The highest BCUT2D eigenvalue weighted by molar-refractivity contribution is 5.69. The largest absolute Gasteiger partial charge is 0.390 e. The van der Waals surface area contributed by atoms with E-state index in [1.807, 2.05) is 10.6 Å². The van der Waals surface area contributed by atoms with Crippen molar-refractivity contribution in [2.24, 2.45) is 5.92 Å². The normalized spacial score (nSPS) is 28.2. The Morgan fingerprint density at radius 2 is 2.30 bits per heavy atom. The van der Waals surface area contributed by atoms with Crippen molar-refractivity contribution in [3.05, 3.63) is 42.1 Å². The first kappa shape index (κ1) is 12.1. The molecule has 2 aromatic rings. The number of nitrogens with zero attached hydrogens (tertiary/aromatic N) is 2. The second-order valence-electron chi connectivity index (χ2n) is 5.46. The Hall–Kier alpha value is -1.72. The van der Waals surface area contributed by atoms with E-state index in [2.05, 4.69) is 4.98 Å². The fraction of sp³-hybridized carbons (Fsp3) is 0.400. The maximum absolute atomic E-state index is 13.5. The molecule has 2 aliphatic rings. The molecule has 0 saturated carbocycles. The van der Waals surface area contributed by atoms with Crippen LogP contribution in [-0.2, 0) is 4.74 Å². The van der Waals surface area contributed by atoms with E-state index in [0.717, 1.165) is 23.2 Å². The van der Waals surface area contributed by atoms with Gasteiger partial charge in [-0.25, -0.2) is 9.37 Å². The molecule has 3 atom stereocenters. The molecule has 1 saturated heterocycles. The van der Waals surface area contributed by atoms with Gasteiger partial charge in [-0.3, -0.25) is 0 Å². The molecule has 1 fully saturated rings. The minimum absolute atomic E-state index is 0.0157. The van der Waals surface area contributed by atoms with Gasteiger partial charge in [0.15, 0.2) is 0 Å². The third-order valence-electron chi connectivity index (χ3n) is 4.36. The summed E-state index contributed by atoms with van der Waals surface area (Å²) in [5.74, 6) is -0.173. The predicted molar refractivity (Wildman–Crippen MR) is 70.7 cm³/mol. The van der Waals surface area contributed by atoms with Crippen molar-refractivity contribution in [2.45, 2.75) is 18.6 Å². The topological polar surface area (TPSA) is 47.3 Å². The van der Waals surface area contributed by atoms with Gasteiger partial charge in [-0.1, -0.05) is 6.07 Å². The van der Waals surface area contributed by atoms with Crippen molar-refractivity contribution in [1.82, 2.24) is 9.55 Å². The molecule has 1 aromatic carbocycles. The van der Waals surface area contributed by atoms with Crippen molar-refractivity contribution in [1.29, 1.82) is 0 Å². The van der Waals surface area contributed by atoms with E-state index in [9.17, 15) is 9.50 Å². The molecule has 0 spiro atoms. The molecule has 0 bridgehead atoms. The summed E-state index contributed by atoms with van der Waals surface area (Å²) in [5.41, 5.74) is 2.86. The average Bonchev–Trinajstić information content (AvgIpc) is 3.00. The van der Waals surface area contributed by atoms with Gasteiger partial charge in [0.25, 0.3) is 0 Å². The molecule has 2 aliphatic heterocycles. The minimum Gasteiger partial charge on any atom is -0.390 e. The molecular formula is C15H15FN2O2. The fourth-order valence-corrected chi connectivity index (χ4v) is 3.44. The lowest BCUT2D eigenvalue weighted by atomic mass is 9.85. The maximum atomic E-state index is 13.5. The van der Waals surface area contributed by atoms with Crippen LogP contribution in [0.2, 0.25) is 0 Å². The highest BCUT2D eigenvalue weighted by Gasteiger charge is 2.39. The first-order valence-electron chi connectivity index (χ1n) is 6.83. The van der Waals surface area contributed by atoms with E-state index in [-0.39, 0.29) is 17.8 Å². The van der Waals surface area contributed by atoms with Crippen molar-refractivity contribution in [3.63, 3.8) is 0 Å². The van der Waals surface area contributed by atoms with E-state index in [1.165, 1.54) is 6.07 Å². The van der Waals surface area contributed by atoms with Gasteiger partial charge in [0.05, 0.1) is 37.0 Å². The van der Waals surface area contributed by atoms with E-state index in [1.54, 1.807) is 18.6 Å². The number of halogens is 1. The zero-order valence-corrected chi connectivity index (χ0v) is 10.9. The molecule has 3 heterocycles. The Bertz CT molecular complexity index is 655. The zero-order chi connectivity index (χ0) is 13.7. The van der Waals surface area contributed by atoms with Crippen molar-refractivity contribution >= 4 is 0 Å². The van der Waals surface area contributed by atoms with E-state index < -0.39 is 6.10 Å². The van der Waals surface area contributed by atoms with Crippen LogP contribution in [0.3, 0.4) is 0 Å². The summed E-state index contributed by atoms with van der Waals surface area (Å²) >= 11 is 0. The van der Waals surface area contributed by atoms with Gasteiger partial charge in [0.2, 0.25) is 0 Å². The number of ether oxygens (including phenoxy) is 1. The molecule has 0 amide bonds. The predicted octanol–water partition coefficient (Wildman–Crippen LogP) is 1.99. The Labute approximate surface area is 115 Å². The standard InChI is InChI=1S/C15H15FN2O2/c16-9-1-2-10-12(5-9)13-6-17-8-18(13)15(10)11-3-4-20-7-14(11)19/h1-2,5-6,8,11,14-15,19H,3-4,7H2/t11-,14-,15-/m1/s1. The van der Waals surface area contributed by atoms with Gasteiger partial charge in [-0.05, 0) is 24.1 Å². The Morgan fingerprint density at radius 3 is 3.15 bits per heavy atom. The van der Waals surface area contributed by atoms with Crippen LogP contribution in [-0.4, -0.2) is 34.0 Å². The van der Waals surface area contributed by atoms with Gasteiger partial charge in [0.1, 0.15) is 5.82 Å². The molecular weight excluding hydrogens is 259 g/mol. The van der Waals surface area contributed by atoms with Crippen molar-refractivity contribution in [2.75, 3.05) is 13.2 Å². The number of hydrogen-bond acceptors (Lipinski definition) is 3. The number of rotatable bonds is 1. The minimum atomic E-state index is -0.500. The van der Waals surface area contributed by atoms with Gasteiger partial charge >= 0.3 is 0 Å². The van der Waals surface area contributed by atoms with Crippen LogP contribution < -0.4 is 0 Å². The summed E-state index contributed by atoms with van der Waals surface area (Å²) in [6.07, 6.45) is 3.81. The van der Waals surface area contributed by atoms with Crippen LogP contribution in [0.4, 0.5) is 4.39 Å². The molecule has 5 heteroatoms. The highest BCUT2D eigenvalue weighted by atomic mass is 19.1. The van der Waals surface area contributed by atoms with E-state index >= 15 is 0 Å². The smallest absolute Gasteiger partial charge is 0.123 e. The van der Waals surface area contributed by atoms with Crippen LogP contribution in [0.5, 0.6) is 0 Å². The Morgan fingerprint density at radius 1 is 1.40 bits per heavy atom. The lowest BCUT2D eigenvalue weighted by molar-refractivity contribution is -0.0540. The van der Waals surface area contributed by atoms with Crippen LogP contribution in [0.15, 0.2) is 30.7 Å². The summed E-state index contributed by atoms with van der Waals surface area (Å²) in [6.45, 7) is 1.01. The third kappa shape index (κ3) is 1.63. The zero-order valence-electron chi connectivity index (χ0n) is 10.9. The van der Waals surface area contributed by atoms with Crippen molar-refractivity contribution in [3.8, 4) is 11.3 Å². The lowest BCUT2D eigenvalue weighted by Gasteiger charge is -2.33. The summed E-state index contributed by atoms with van der Waals surface area (Å²) in [7, 11) is 0. The van der Waals surface area contributed by atoms with Crippen LogP contribution in [0.25, 0.3) is 11.3 Å². The molecule has 1 N–H and O–H groups in total. The molecule has 0 unspecified atom stereocenters. The summed E-state index contributed by atoms with van der Waals surface area (Å²) in [6, 6.07) is 4.87. The van der Waals surface area contributed by atoms with Crippen LogP contribution in [0, 0.1) is 11.7 Å².